The van der Waals surface area contributed by atoms with Gasteiger partial charge in [0.1, 0.15) is 0 Å². The number of hydrogen-bond acceptors (Lipinski definition) is 4. The van der Waals surface area contributed by atoms with Crippen LogP contribution in [0.3, 0.4) is 0 Å². The molecule has 0 spiro atoms. The summed E-state index contributed by atoms with van der Waals surface area (Å²) < 4.78 is 0.863. The zero-order valence-corrected chi connectivity index (χ0v) is 13.2. The molecule has 1 heterocycles. The van der Waals surface area contributed by atoms with Crippen LogP contribution in [0.1, 0.15) is 16.8 Å². The molecule has 0 saturated carbocycles. The predicted molar refractivity (Wildman–Crippen MR) is 83.1 cm³/mol. The van der Waals surface area contributed by atoms with E-state index in [-0.39, 0.29) is 12.4 Å². The molecule has 5 heteroatoms. The zero-order valence-electron chi connectivity index (χ0n) is 11.6. The Labute approximate surface area is 128 Å². The molecule has 1 aromatic carbocycles. The molecule has 1 aliphatic rings. The molecule has 0 aromatic heterocycles. The van der Waals surface area contributed by atoms with Crippen LogP contribution in [0.2, 0.25) is 0 Å². The molecule has 0 bridgehead atoms. The monoisotopic (exact) mass is 340 g/mol. The molecule has 0 amide bonds. The topological polar surface area (TPSA) is 43.8 Å². The first-order chi connectivity index (χ1) is 9.70. The third kappa shape index (κ3) is 4.38. The molecule has 1 aromatic rings. The van der Waals surface area contributed by atoms with E-state index in [0.29, 0.717) is 6.54 Å². The number of nitrogens with zero attached hydrogens (tertiary/aromatic N) is 2. The van der Waals surface area contributed by atoms with Gasteiger partial charge in [-0.25, -0.2) is 0 Å². The number of carbonyl (C=O) groups is 1. The van der Waals surface area contributed by atoms with Gasteiger partial charge in [0, 0.05) is 29.7 Å². The lowest BCUT2D eigenvalue weighted by molar-refractivity contribution is 0.0931. The highest BCUT2D eigenvalue weighted by Gasteiger charge is 2.18. The van der Waals surface area contributed by atoms with Gasteiger partial charge in [-0.2, -0.15) is 0 Å². The first kappa shape index (κ1) is 15.6. The second-order valence-corrected chi connectivity index (χ2v) is 5.95. The summed E-state index contributed by atoms with van der Waals surface area (Å²) in [5.74, 6) is 0.160. The smallest absolute Gasteiger partial charge is 0.177 e. The minimum Gasteiger partial charge on any atom is -0.395 e. The number of β-amino-alcohol motifs (C(OH)–C–C–N with tert-alkyl or cyclic N) is 1. The number of rotatable bonds is 5. The summed E-state index contributed by atoms with van der Waals surface area (Å²) in [5, 5.41) is 8.99. The molecular weight excluding hydrogens is 320 g/mol. The second-order valence-electron chi connectivity index (χ2n) is 5.10. The van der Waals surface area contributed by atoms with Crippen molar-refractivity contribution in [1.29, 1.82) is 0 Å². The van der Waals surface area contributed by atoms with Crippen LogP contribution in [0.4, 0.5) is 0 Å². The van der Waals surface area contributed by atoms with Crippen LogP contribution in [0, 0.1) is 0 Å². The Bertz CT molecular complexity index is 453. The van der Waals surface area contributed by atoms with E-state index in [9.17, 15) is 4.79 Å². The Kier molecular flexibility index (Phi) is 6.16. The normalized spacial score (nSPS) is 17.9. The molecule has 1 aliphatic heterocycles. The molecule has 0 unspecified atom stereocenters. The maximum absolute atomic E-state index is 12.3. The summed E-state index contributed by atoms with van der Waals surface area (Å²) in [6.07, 6.45) is 1.04. The number of aliphatic hydroxyl groups is 1. The van der Waals surface area contributed by atoms with Gasteiger partial charge in [-0.1, -0.05) is 34.1 Å². The molecule has 0 atom stereocenters. The number of aliphatic hydroxyl groups excluding tert-OH is 1. The van der Waals surface area contributed by atoms with Crippen molar-refractivity contribution in [3.8, 4) is 0 Å². The lowest BCUT2D eigenvalue weighted by Gasteiger charge is -2.20. The summed E-state index contributed by atoms with van der Waals surface area (Å²) in [4.78, 5) is 16.8. The van der Waals surface area contributed by atoms with Crippen molar-refractivity contribution in [2.75, 3.05) is 45.9 Å². The van der Waals surface area contributed by atoms with E-state index in [4.69, 9.17) is 5.11 Å². The molecule has 110 valence electrons. The van der Waals surface area contributed by atoms with E-state index in [2.05, 4.69) is 25.7 Å². The quantitative estimate of drug-likeness (QED) is 0.827. The Hall–Kier alpha value is -0.750. The first-order valence-corrected chi connectivity index (χ1v) is 7.83. The van der Waals surface area contributed by atoms with E-state index in [0.717, 1.165) is 49.2 Å². The van der Waals surface area contributed by atoms with Gasteiger partial charge in [-0.15, -0.1) is 0 Å². The fourth-order valence-electron chi connectivity index (χ4n) is 2.52. The Balaban J connectivity index is 1.90. The predicted octanol–water partition coefficient (Wildman–Crippen LogP) is 1.63. The van der Waals surface area contributed by atoms with Crippen molar-refractivity contribution < 1.29 is 9.90 Å². The van der Waals surface area contributed by atoms with Gasteiger partial charge < -0.3 is 5.11 Å². The third-order valence-corrected chi connectivity index (χ3v) is 4.33. The standard InChI is InChI=1S/C15H21BrN2O2/c16-14-5-2-1-4-13(14)15(20)12-18-7-3-6-17(8-9-18)10-11-19/h1-2,4-5,19H,3,6-12H2. The van der Waals surface area contributed by atoms with Crippen LogP contribution in [0.25, 0.3) is 0 Å². The Morgan fingerprint density at radius 1 is 1.15 bits per heavy atom. The average molecular weight is 341 g/mol. The van der Waals surface area contributed by atoms with Crippen LogP contribution in [-0.2, 0) is 0 Å². The van der Waals surface area contributed by atoms with Crippen LogP contribution in [0.5, 0.6) is 0 Å². The van der Waals surface area contributed by atoms with E-state index in [1.165, 1.54) is 0 Å². The Morgan fingerprint density at radius 3 is 2.60 bits per heavy atom. The zero-order chi connectivity index (χ0) is 14.4. The van der Waals surface area contributed by atoms with E-state index in [1.807, 2.05) is 24.3 Å². The average Bonchev–Trinajstić information content (AvgIpc) is 2.65. The van der Waals surface area contributed by atoms with Gasteiger partial charge in [0.2, 0.25) is 0 Å². The molecule has 0 radical (unpaired) electrons. The van der Waals surface area contributed by atoms with Crippen LogP contribution in [0.15, 0.2) is 28.7 Å². The highest BCUT2D eigenvalue weighted by Crippen LogP contribution is 2.17. The molecule has 0 aliphatic carbocycles. The van der Waals surface area contributed by atoms with Gasteiger partial charge in [0.25, 0.3) is 0 Å². The lowest BCUT2D eigenvalue weighted by Crippen LogP contribution is -2.35. The van der Waals surface area contributed by atoms with Crippen molar-refractivity contribution in [3.05, 3.63) is 34.3 Å². The summed E-state index contributed by atoms with van der Waals surface area (Å²) in [6, 6.07) is 7.57. The van der Waals surface area contributed by atoms with Crippen LogP contribution >= 0.6 is 15.9 Å². The van der Waals surface area contributed by atoms with Crippen molar-refractivity contribution >= 4 is 21.7 Å². The molecule has 4 nitrogen and oxygen atoms in total. The number of ketones is 1. The summed E-state index contributed by atoms with van der Waals surface area (Å²) in [6.45, 7) is 5.15. The summed E-state index contributed by atoms with van der Waals surface area (Å²) in [5.41, 5.74) is 0.754. The van der Waals surface area contributed by atoms with Crippen molar-refractivity contribution in [1.82, 2.24) is 9.80 Å². The third-order valence-electron chi connectivity index (χ3n) is 3.64. The van der Waals surface area contributed by atoms with Crippen molar-refractivity contribution in [2.24, 2.45) is 0 Å². The van der Waals surface area contributed by atoms with Gasteiger partial charge in [0.15, 0.2) is 5.78 Å². The number of benzene rings is 1. The van der Waals surface area contributed by atoms with Gasteiger partial charge in [-0.05, 0) is 25.6 Å². The molecular formula is C15H21BrN2O2. The maximum Gasteiger partial charge on any atom is 0.177 e. The first-order valence-electron chi connectivity index (χ1n) is 7.04. The fourth-order valence-corrected chi connectivity index (χ4v) is 3.03. The van der Waals surface area contributed by atoms with Crippen molar-refractivity contribution in [3.63, 3.8) is 0 Å². The highest BCUT2D eigenvalue weighted by atomic mass is 79.9. The summed E-state index contributed by atoms with van der Waals surface area (Å²) >= 11 is 3.43. The molecule has 20 heavy (non-hydrogen) atoms. The number of carbonyl (C=O) groups excluding carboxylic acids is 1. The van der Waals surface area contributed by atoms with Gasteiger partial charge >= 0.3 is 0 Å². The van der Waals surface area contributed by atoms with E-state index in [1.54, 1.807) is 0 Å². The number of Topliss-reactive ketones (excluding diaryl/α,β-unsaturated/α-hetero) is 1. The largest absolute Gasteiger partial charge is 0.395 e. The number of hydrogen-bond donors (Lipinski definition) is 1. The minimum absolute atomic E-state index is 0.160. The second kappa shape index (κ2) is 7.88. The van der Waals surface area contributed by atoms with E-state index >= 15 is 0 Å². The SMILES string of the molecule is O=C(CN1CCCN(CCO)CC1)c1ccccc1Br. The fraction of sp³-hybridized carbons (Fsp3) is 0.533. The van der Waals surface area contributed by atoms with Crippen LogP contribution < -0.4 is 0 Å². The van der Waals surface area contributed by atoms with Crippen molar-refractivity contribution in [2.45, 2.75) is 6.42 Å². The molecule has 2 rings (SSSR count). The maximum atomic E-state index is 12.3. The Morgan fingerprint density at radius 2 is 1.85 bits per heavy atom. The lowest BCUT2D eigenvalue weighted by atomic mass is 10.1. The number of halogens is 1. The van der Waals surface area contributed by atoms with Gasteiger partial charge in [-0.3, -0.25) is 14.6 Å². The van der Waals surface area contributed by atoms with Gasteiger partial charge in [0.05, 0.1) is 13.2 Å². The molecule has 1 fully saturated rings. The minimum atomic E-state index is 0.160. The van der Waals surface area contributed by atoms with Crippen LogP contribution in [-0.4, -0.2) is 66.6 Å². The molecule has 1 N–H and O–H groups in total. The highest BCUT2D eigenvalue weighted by molar-refractivity contribution is 9.10. The van der Waals surface area contributed by atoms with E-state index < -0.39 is 0 Å². The summed E-state index contributed by atoms with van der Waals surface area (Å²) in [7, 11) is 0. The molecule has 1 saturated heterocycles.